The summed E-state index contributed by atoms with van der Waals surface area (Å²) < 4.78 is 2.10. The summed E-state index contributed by atoms with van der Waals surface area (Å²) in [6.07, 6.45) is 3.85. The van der Waals surface area contributed by atoms with Gasteiger partial charge in [-0.1, -0.05) is 36.4 Å². The van der Waals surface area contributed by atoms with Gasteiger partial charge in [0.05, 0.1) is 27.5 Å². The summed E-state index contributed by atoms with van der Waals surface area (Å²) in [5, 5.41) is 3.18. The molecule has 158 valence electrons. The second kappa shape index (κ2) is 8.65. The molecule has 0 atom stereocenters. The molecular weight excluding hydrogens is 404 g/mol. The minimum atomic E-state index is 0.116. The predicted molar refractivity (Wildman–Crippen MR) is 126 cm³/mol. The fourth-order valence-corrected chi connectivity index (χ4v) is 5.04. The highest BCUT2D eigenvalue weighted by molar-refractivity contribution is 7.10. The third-order valence-corrected chi connectivity index (χ3v) is 6.77. The fraction of sp³-hybridized carbons (Fsp3) is 0.280. The lowest BCUT2D eigenvalue weighted by Gasteiger charge is -2.20. The van der Waals surface area contributed by atoms with Crippen molar-refractivity contribution in [2.24, 2.45) is 0 Å². The molecule has 6 heteroatoms. The van der Waals surface area contributed by atoms with Crippen LogP contribution in [0.1, 0.15) is 27.3 Å². The Bertz CT molecular complexity index is 1200. The topological polar surface area (TPSA) is 40.8 Å². The summed E-state index contributed by atoms with van der Waals surface area (Å²) in [4.78, 5) is 22.6. The number of fused-ring (bicyclic) bond motifs is 1. The minimum Gasteiger partial charge on any atom is -0.337 e. The first-order valence-corrected chi connectivity index (χ1v) is 11.6. The number of rotatable bonds is 4. The maximum atomic E-state index is 13.4. The highest BCUT2D eigenvalue weighted by Crippen LogP contribution is 2.29. The van der Waals surface area contributed by atoms with Crippen LogP contribution in [0.15, 0.2) is 66.2 Å². The molecule has 0 saturated carbocycles. The molecule has 5 rings (SSSR count). The molecule has 4 heterocycles. The Balaban J connectivity index is 1.47. The number of pyridine rings is 1. The first kappa shape index (κ1) is 20.0. The molecule has 0 radical (unpaired) electrons. The molecule has 1 aliphatic rings. The largest absolute Gasteiger partial charge is 0.337 e. The van der Waals surface area contributed by atoms with Gasteiger partial charge in [-0.25, -0.2) is 4.98 Å². The second-order valence-corrected chi connectivity index (χ2v) is 9.08. The van der Waals surface area contributed by atoms with Crippen LogP contribution in [0.25, 0.3) is 16.9 Å². The van der Waals surface area contributed by atoms with Gasteiger partial charge in [0.2, 0.25) is 0 Å². The summed E-state index contributed by atoms with van der Waals surface area (Å²) in [5.74, 6) is 0.116. The van der Waals surface area contributed by atoms with Gasteiger partial charge in [0.15, 0.2) is 0 Å². The molecule has 1 saturated heterocycles. The Labute approximate surface area is 186 Å². The summed E-state index contributed by atoms with van der Waals surface area (Å²) in [7, 11) is 2.12. The molecule has 0 spiro atoms. The quantitative estimate of drug-likeness (QED) is 0.481. The molecule has 1 amide bonds. The molecule has 0 N–H and O–H groups in total. The predicted octanol–water partition coefficient (Wildman–Crippen LogP) is 4.43. The average Bonchev–Trinajstić information content (AvgIpc) is 3.34. The number of benzene rings is 1. The normalized spacial score (nSPS) is 15.3. The number of hydrogen-bond donors (Lipinski definition) is 0. The fourth-order valence-electron chi connectivity index (χ4n) is 4.22. The van der Waals surface area contributed by atoms with Crippen molar-refractivity contribution in [3.63, 3.8) is 0 Å². The number of nitrogens with zero attached hydrogens (tertiary/aromatic N) is 4. The number of aromatic nitrogens is 2. The summed E-state index contributed by atoms with van der Waals surface area (Å²) in [6, 6.07) is 18.4. The molecule has 0 aliphatic carbocycles. The maximum absolute atomic E-state index is 13.4. The maximum Gasteiger partial charge on any atom is 0.256 e. The highest BCUT2D eigenvalue weighted by Gasteiger charge is 2.23. The number of carbonyl (C=O) groups excluding carboxylic acids is 1. The smallest absolute Gasteiger partial charge is 0.256 e. The van der Waals surface area contributed by atoms with Gasteiger partial charge in [-0.15, -0.1) is 11.3 Å². The Morgan fingerprint density at radius 3 is 2.74 bits per heavy atom. The zero-order chi connectivity index (χ0) is 21.2. The summed E-state index contributed by atoms with van der Waals surface area (Å²) in [6.45, 7) is 3.53. The molecule has 1 aliphatic heterocycles. The molecule has 31 heavy (non-hydrogen) atoms. The molecule has 1 fully saturated rings. The van der Waals surface area contributed by atoms with E-state index in [1.54, 1.807) is 11.3 Å². The standard InChI is InChI=1S/C25H26N4OS/c1-27-11-7-12-28(15-14-27)25(30)20-17-23(29-13-6-5-10-22(20)29)21-18-31-24(26-21)16-19-8-3-2-4-9-19/h2-6,8-10,13,17-18H,7,11-12,14-16H2,1H3. The van der Waals surface area contributed by atoms with Crippen LogP contribution in [-0.2, 0) is 6.42 Å². The van der Waals surface area contributed by atoms with E-state index in [0.29, 0.717) is 0 Å². The molecule has 3 aromatic heterocycles. The van der Waals surface area contributed by atoms with Gasteiger partial charge in [-0.05, 0) is 43.8 Å². The number of hydrogen-bond acceptors (Lipinski definition) is 4. The monoisotopic (exact) mass is 430 g/mol. The van der Waals surface area contributed by atoms with Crippen LogP contribution >= 0.6 is 11.3 Å². The van der Waals surface area contributed by atoms with Crippen molar-refractivity contribution in [2.75, 3.05) is 33.2 Å². The van der Waals surface area contributed by atoms with Crippen LogP contribution in [-0.4, -0.2) is 58.3 Å². The zero-order valence-electron chi connectivity index (χ0n) is 17.7. The Kier molecular flexibility index (Phi) is 5.57. The van der Waals surface area contributed by atoms with Crippen molar-refractivity contribution in [2.45, 2.75) is 12.8 Å². The van der Waals surface area contributed by atoms with Crippen molar-refractivity contribution < 1.29 is 4.79 Å². The number of amides is 1. The van der Waals surface area contributed by atoms with Crippen molar-refractivity contribution >= 4 is 22.8 Å². The number of likely N-dealkylation sites (N-methyl/N-ethyl adjacent to an activating group) is 1. The second-order valence-electron chi connectivity index (χ2n) is 8.14. The molecule has 4 aromatic rings. The van der Waals surface area contributed by atoms with Crippen LogP contribution < -0.4 is 0 Å². The Hall–Kier alpha value is -2.96. The lowest BCUT2D eigenvalue weighted by Crippen LogP contribution is -2.34. The van der Waals surface area contributed by atoms with Gasteiger partial charge in [0.1, 0.15) is 0 Å². The third kappa shape index (κ3) is 4.13. The van der Waals surface area contributed by atoms with Gasteiger partial charge in [-0.2, -0.15) is 0 Å². The van der Waals surface area contributed by atoms with E-state index >= 15 is 0 Å². The molecular formula is C25H26N4OS. The zero-order valence-corrected chi connectivity index (χ0v) is 18.5. The molecule has 5 nitrogen and oxygen atoms in total. The van der Waals surface area contributed by atoms with Crippen LogP contribution in [0.5, 0.6) is 0 Å². The first-order chi connectivity index (χ1) is 15.2. The van der Waals surface area contributed by atoms with E-state index in [1.165, 1.54) is 5.56 Å². The van der Waals surface area contributed by atoms with Crippen molar-refractivity contribution in [1.29, 1.82) is 0 Å². The Morgan fingerprint density at radius 2 is 1.87 bits per heavy atom. The van der Waals surface area contributed by atoms with Gasteiger partial charge in [0, 0.05) is 37.6 Å². The van der Waals surface area contributed by atoms with Gasteiger partial charge in [0.25, 0.3) is 5.91 Å². The van der Waals surface area contributed by atoms with Crippen molar-refractivity contribution in [1.82, 2.24) is 19.2 Å². The van der Waals surface area contributed by atoms with E-state index in [0.717, 1.165) is 66.5 Å². The van der Waals surface area contributed by atoms with E-state index in [1.807, 2.05) is 41.4 Å². The first-order valence-electron chi connectivity index (χ1n) is 10.8. The lowest BCUT2D eigenvalue weighted by molar-refractivity contribution is 0.0765. The summed E-state index contributed by atoms with van der Waals surface area (Å²) in [5.41, 5.74) is 4.86. The minimum absolute atomic E-state index is 0.116. The summed E-state index contributed by atoms with van der Waals surface area (Å²) >= 11 is 1.67. The van der Waals surface area contributed by atoms with Gasteiger partial charge < -0.3 is 14.2 Å². The van der Waals surface area contributed by atoms with E-state index in [2.05, 4.69) is 46.0 Å². The van der Waals surface area contributed by atoms with Crippen molar-refractivity contribution in [3.8, 4) is 11.4 Å². The van der Waals surface area contributed by atoms with E-state index in [-0.39, 0.29) is 5.91 Å². The number of thiazole rings is 1. The van der Waals surface area contributed by atoms with E-state index in [9.17, 15) is 4.79 Å². The van der Waals surface area contributed by atoms with E-state index < -0.39 is 0 Å². The third-order valence-electron chi connectivity index (χ3n) is 5.93. The lowest BCUT2D eigenvalue weighted by atomic mass is 10.2. The highest BCUT2D eigenvalue weighted by atomic mass is 32.1. The van der Waals surface area contributed by atoms with Crippen molar-refractivity contribution in [3.05, 3.63) is 82.3 Å². The van der Waals surface area contributed by atoms with Crippen LogP contribution in [0.2, 0.25) is 0 Å². The van der Waals surface area contributed by atoms with Gasteiger partial charge >= 0.3 is 0 Å². The van der Waals surface area contributed by atoms with E-state index in [4.69, 9.17) is 4.98 Å². The van der Waals surface area contributed by atoms with Crippen LogP contribution in [0, 0.1) is 0 Å². The SMILES string of the molecule is CN1CCCN(C(=O)c2cc(-c3csc(Cc4ccccc4)n3)n3ccccc23)CC1. The van der Waals surface area contributed by atoms with Crippen LogP contribution in [0.3, 0.4) is 0 Å². The molecule has 0 bridgehead atoms. The Morgan fingerprint density at radius 1 is 1.03 bits per heavy atom. The van der Waals surface area contributed by atoms with Crippen LogP contribution in [0.4, 0.5) is 0 Å². The molecule has 0 unspecified atom stereocenters. The number of carbonyl (C=O) groups is 1. The average molecular weight is 431 g/mol. The van der Waals surface area contributed by atoms with Gasteiger partial charge in [-0.3, -0.25) is 4.79 Å². The molecule has 1 aromatic carbocycles.